The smallest absolute Gasteiger partial charge is 0.325 e. The Morgan fingerprint density at radius 2 is 1.89 bits per heavy atom. The minimum absolute atomic E-state index is 0.111. The largest absolute Gasteiger partial charge is 0.494 e. The molecule has 3 amide bonds. The molecule has 2 aromatic rings. The van der Waals surface area contributed by atoms with E-state index in [1.54, 1.807) is 18.2 Å². The van der Waals surface area contributed by atoms with Crippen LogP contribution < -0.4 is 24.8 Å². The lowest BCUT2D eigenvalue weighted by Gasteiger charge is -2.16. The van der Waals surface area contributed by atoms with Crippen molar-refractivity contribution in [3.8, 4) is 17.2 Å². The Bertz CT molecular complexity index is 813. The van der Waals surface area contributed by atoms with Crippen molar-refractivity contribution < 1.29 is 23.8 Å². The first-order valence-electron chi connectivity index (χ1n) is 8.97. The molecule has 1 aliphatic rings. The van der Waals surface area contributed by atoms with Gasteiger partial charge in [-0.1, -0.05) is 18.2 Å². The summed E-state index contributed by atoms with van der Waals surface area (Å²) >= 11 is 0. The van der Waals surface area contributed by atoms with Crippen molar-refractivity contribution in [3.05, 3.63) is 48.5 Å². The molecular formula is C20H23N3O5. The number of fused-ring (bicyclic) bond motifs is 1. The molecular weight excluding hydrogens is 362 g/mol. The molecule has 0 fully saturated rings. The monoisotopic (exact) mass is 385 g/mol. The number of imide groups is 1. The third kappa shape index (κ3) is 5.88. The molecule has 1 aliphatic heterocycles. The van der Waals surface area contributed by atoms with E-state index in [1.807, 2.05) is 42.3 Å². The number of nitrogens with one attached hydrogen (secondary N) is 2. The van der Waals surface area contributed by atoms with Gasteiger partial charge in [0.2, 0.25) is 12.7 Å². The first-order valence-corrected chi connectivity index (χ1v) is 8.97. The van der Waals surface area contributed by atoms with Crippen molar-refractivity contribution in [2.45, 2.75) is 6.42 Å². The summed E-state index contributed by atoms with van der Waals surface area (Å²) in [5.41, 5.74) is 0.515. The predicted molar refractivity (Wildman–Crippen MR) is 104 cm³/mol. The number of hydrogen-bond donors (Lipinski definition) is 2. The Kier molecular flexibility index (Phi) is 6.69. The van der Waals surface area contributed by atoms with Gasteiger partial charge in [-0.2, -0.15) is 0 Å². The second-order valence-corrected chi connectivity index (χ2v) is 6.32. The number of nitrogens with zero attached hydrogens (tertiary/aromatic N) is 1. The number of carbonyl (C=O) groups is 2. The second-order valence-electron chi connectivity index (χ2n) is 6.32. The number of ether oxygens (including phenoxy) is 3. The summed E-state index contributed by atoms with van der Waals surface area (Å²) in [6.45, 7) is 1.50. The number of anilines is 1. The third-order valence-corrected chi connectivity index (χ3v) is 3.99. The zero-order valence-corrected chi connectivity index (χ0v) is 15.6. The van der Waals surface area contributed by atoms with Gasteiger partial charge in [0.15, 0.2) is 11.5 Å². The van der Waals surface area contributed by atoms with Crippen LogP contribution in [-0.4, -0.2) is 50.4 Å². The van der Waals surface area contributed by atoms with Crippen LogP contribution in [0.5, 0.6) is 17.2 Å². The molecule has 148 valence electrons. The summed E-state index contributed by atoms with van der Waals surface area (Å²) in [4.78, 5) is 25.8. The highest BCUT2D eigenvalue weighted by molar-refractivity contribution is 6.01. The molecule has 0 spiro atoms. The van der Waals surface area contributed by atoms with E-state index in [1.165, 1.54) is 0 Å². The predicted octanol–water partition coefficient (Wildman–Crippen LogP) is 2.46. The summed E-state index contributed by atoms with van der Waals surface area (Å²) in [7, 11) is 1.82. The van der Waals surface area contributed by atoms with Crippen molar-refractivity contribution in [3.63, 3.8) is 0 Å². The van der Waals surface area contributed by atoms with Crippen molar-refractivity contribution >= 4 is 17.6 Å². The molecule has 0 radical (unpaired) electrons. The van der Waals surface area contributed by atoms with Crippen molar-refractivity contribution in [2.24, 2.45) is 0 Å². The maximum Gasteiger partial charge on any atom is 0.325 e. The average Bonchev–Trinajstić information content (AvgIpc) is 3.13. The van der Waals surface area contributed by atoms with E-state index in [4.69, 9.17) is 14.2 Å². The normalized spacial score (nSPS) is 11.9. The highest BCUT2D eigenvalue weighted by Crippen LogP contribution is 2.34. The van der Waals surface area contributed by atoms with E-state index in [0.717, 1.165) is 12.2 Å². The van der Waals surface area contributed by atoms with E-state index in [2.05, 4.69) is 10.6 Å². The van der Waals surface area contributed by atoms with Crippen LogP contribution >= 0.6 is 0 Å². The number of para-hydroxylation sites is 1. The maximum atomic E-state index is 12.0. The number of carbonyl (C=O) groups excluding carboxylic acids is 2. The van der Waals surface area contributed by atoms with Crippen LogP contribution in [0.4, 0.5) is 10.5 Å². The molecule has 0 saturated heterocycles. The third-order valence-electron chi connectivity index (χ3n) is 3.99. The van der Waals surface area contributed by atoms with Crippen LogP contribution in [0, 0.1) is 0 Å². The van der Waals surface area contributed by atoms with Gasteiger partial charge >= 0.3 is 6.03 Å². The van der Waals surface area contributed by atoms with Crippen LogP contribution in [0.2, 0.25) is 0 Å². The van der Waals surface area contributed by atoms with Crippen LogP contribution in [-0.2, 0) is 4.79 Å². The standard InChI is InChI=1S/C20H23N3O5/c1-23(10-5-11-26-16-6-3-2-4-7-16)13-19(24)22-20(25)21-15-8-9-17-18(12-15)28-14-27-17/h2-4,6-9,12H,5,10-11,13-14H2,1H3,(H2,21,22,24,25). The summed E-state index contributed by atoms with van der Waals surface area (Å²) in [6, 6.07) is 14.0. The van der Waals surface area contributed by atoms with Gasteiger partial charge in [0, 0.05) is 18.3 Å². The molecule has 28 heavy (non-hydrogen) atoms. The summed E-state index contributed by atoms with van der Waals surface area (Å²) < 4.78 is 16.1. The molecule has 8 nitrogen and oxygen atoms in total. The quantitative estimate of drug-likeness (QED) is 0.679. The summed E-state index contributed by atoms with van der Waals surface area (Å²) in [6.07, 6.45) is 0.766. The van der Waals surface area contributed by atoms with Crippen molar-refractivity contribution in [1.82, 2.24) is 10.2 Å². The zero-order valence-electron chi connectivity index (χ0n) is 15.6. The van der Waals surface area contributed by atoms with Gasteiger partial charge in [-0.25, -0.2) is 4.79 Å². The van der Waals surface area contributed by atoms with Crippen LogP contribution in [0.1, 0.15) is 6.42 Å². The first-order chi connectivity index (χ1) is 13.6. The zero-order chi connectivity index (χ0) is 19.8. The lowest BCUT2D eigenvalue weighted by Crippen LogP contribution is -2.41. The number of likely N-dealkylation sites (N-methyl/N-ethyl adjacent to an activating group) is 1. The topological polar surface area (TPSA) is 89.1 Å². The highest BCUT2D eigenvalue weighted by atomic mass is 16.7. The molecule has 2 N–H and O–H groups in total. The minimum Gasteiger partial charge on any atom is -0.494 e. The molecule has 8 heteroatoms. The maximum absolute atomic E-state index is 12.0. The second kappa shape index (κ2) is 9.61. The fourth-order valence-corrected chi connectivity index (χ4v) is 2.67. The van der Waals surface area contributed by atoms with Crippen molar-refractivity contribution in [2.75, 3.05) is 38.9 Å². The molecule has 1 heterocycles. The van der Waals surface area contributed by atoms with E-state index >= 15 is 0 Å². The summed E-state index contributed by atoms with van der Waals surface area (Å²) in [5.74, 6) is 1.62. The van der Waals surface area contributed by atoms with Gasteiger partial charge in [0.1, 0.15) is 5.75 Å². The van der Waals surface area contributed by atoms with Gasteiger partial charge in [-0.05, 0) is 37.7 Å². The van der Waals surface area contributed by atoms with E-state index in [9.17, 15) is 9.59 Å². The Morgan fingerprint density at radius 1 is 1.11 bits per heavy atom. The van der Waals surface area contributed by atoms with E-state index in [0.29, 0.717) is 30.3 Å². The van der Waals surface area contributed by atoms with Gasteiger partial charge in [0.25, 0.3) is 0 Å². The molecule has 3 rings (SSSR count). The SMILES string of the molecule is CN(CCCOc1ccccc1)CC(=O)NC(=O)Nc1ccc2c(c1)OCO2. The van der Waals surface area contributed by atoms with Crippen molar-refractivity contribution in [1.29, 1.82) is 0 Å². The number of rotatable bonds is 8. The highest BCUT2D eigenvalue weighted by Gasteiger charge is 2.15. The average molecular weight is 385 g/mol. The van der Waals surface area contributed by atoms with Crippen LogP contribution in [0.3, 0.4) is 0 Å². The lowest BCUT2D eigenvalue weighted by molar-refractivity contribution is -0.120. The van der Waals surface area contributed by atoms with Gasteiger partial charge in [-0.15, -0.1) is 0 Å². The minimum atomic E-state index is -0.593. The number of benzene rings is 2. The molecule has 0 atom stereocenters. The molecule has 0 unspecified atom stereocenters. The fourth-order valence-electron chi connectivity index (χ4n) is 2.67. The summed E-state index contributed by atoms with van der Waals surface area (Å²) in [5, 5.41) is 4.91. The number of amides is 3. The molecule has 0 saturated carbocycles. The Morgan fingerprint density at radius 3 is 2.71 bits per heavy atom. The molecule has 0 bridgehead atoms. The Labute approximate surface area is 163 Å². The number of hydrogen-bond acceptors (Lipinski definition) is 6. The lowest BCUT2D eigenvalue weighted by atomic mass is 10.3. The van der Waals surface area contributed by atoms with Crippen LogP contribution in [0.15, 0.2) is 48.5 Å². The van der Waals surface area contributed by atoms with Gasteiger partial charge in [0.05, 0.1) is 13.2 Å². The Balaban J connectivity index is 1.33. The fraction of sp³-hybridized carbons (Fsp3) is 0.300. The molecule has 0 aromatic heterocycles. The van der Waals surface area contributed by atoms with Gasteiger partial charge < -0.3 is 19.5 Å². The van der Waals surface area contributed by atoms with Crippen LogP contribution in [0.25, 0.3) is 0 Å². The first kappa shape index (κ1) is 19.5. The Hall–Kier alpha value is -3.26. The molecule has 2 aromatic carbocycles. The van der Waals surface area contributed by atoms with E-state index < -0.39 is 6.03 Å². The van der Waals surface area contributed by atoms with E-state index in [-0.39, 0.29) is 19.2 Å². The molecule has 0 aliphatic carbocycles. The number of urea groups is 1. The van der Waals surface area contributed by atoms with Gasteiger partial charge in [-0.3, -0.25) is 15.0 Å².